The minimum absolute atomic E-state index is 0.0841. The fourth-order valence-corrected chi connectivity index (χ4v) is 4.59. The van der Waals surface area contributed by atoms with Gasteiger partial charge in [-0.3, -0.25) is 9.69 Å². The zero-order valence-corrected chi connectivity index (χ0v) is 16.4. The van der Waals surface area contributed by atoms with Gasteiger partial charge in [-0.2, -0.15) is 0 Å². The molecule has 0 N–H and O–H groups in total. The molecule has 1 saturated carbocycles. The molecule has 28 heavy (non-hydrogen) atoms. The van der Waals surface area contributed by atoms with Crippen molar-refractivity contribution in [3.8, 4) is 11.5 Å². The number of nitrogens with zero attached hydrogens (tertiary/aromatic N) is 1. The number of allylic oxidation sites excluding steroid dienone is 1. The molecule has 3 aliphatic rings. The first kappa shape index (κ1) is 17.6. The Labute approximate surface area is 164 Å². The molecule has 0 amide bonds. The van der Waals surface area contributed by atoms with Crippen LogP contribution in [0.5, 0.6) is 11.5 Å². The number of ether oxygens (including phenoxy) is 2. The molecule has 0 unspecified atom stereocenters. The van der Waals surface area contributed by atoms with Crippen LogP contribution in [-0.4, -0.2) is 23.5 Å². The van der Waals surface area contributed by atoms with E-state index in [1.165, 1.54) is 32.1 Å². The lowest BCUT2D eigenvalue weighted by Crippen LogP contribution is -2.41. The molecule has 1 aliphatic carbocycles. The standard InChI is InChI=1S/C23H25NO4/c1-14-10-19-18(12-24(13-26-19)16-6-4-3-5-7-16)23-21(14)22(25)20(28-23)11-17-9-8-15(2)27-17/h8-11,16H,3-7,12-13H2,1-2H3/b20-11-. The van der Waals surface area contributed by atoms with Crippen molar-refractivity contribution in [1.29, 1.82) is 0 Å². The summed E-state index contributed by atoms with van der Waals surface area (Å²) in [7, 11) is 0. The van der Waals surface area contributed by atoms with Gasteiger partial charge in [-0.15, -0.1) is 0 Å². The molecule has 3 heterocycles. The Morgan fingerprint density at radius 1 is 1.14 bits per heavy atom. The zero-order valence-electron chi connectivity index (χ0n) is 16.4. The van der Waals surface area contributed by atoms with Crippen molar-refractivity contribution in [1.82, 2.24) is 4.90 Å². The molecular weight excluding hydrogens is 354 g/mol. The van der Waals surface area contributed by atoms with E-state index in [0.29, 0.717) is 35.6 Å². The van der Waals surface area contributed by atoms with Crippen molar-refractivity contribution in [3.63, 3.8) is 0 Å². The number of fused-ring (bicyclic) bond motifs is 3. The lowest BCUT2D eigenvalue weighted by Gasteiger charge is -2.37. The topological polar surface area (TPSA) is 51.9 Å². The van der Waals surface area contributed by atoms with Gasteiger partial charge in [-0.05, 0) is 50.5 Å². The Morgan fingerprint density at radius 2 is 1.96 bits per heavy atom. The largest absolute Gasteiger partial charge is 0.478 e. The van der Waals surface area contributed by atoms with Gasteiger partial charge in [0, 0.05) is 18.7 Å². The highest BCUT2D eigenvalue weighted by Gasteiger charge is 2.36. The Kier molecular flexibility index (Phi) is 4.27. The predicted octanol–water partition coefficient (Wildman–Crippen LogP) is 5.00. The monoisotopic (exact) mass is 379 g/mol. The first-order chi connectivity index (χ1) is 13.6. The van der Waals surface area contributed by atoms with Crippen LogP contribution in [0.2, 0.25) is 0 Å². The van der Waals surface area contributed by atoms with Crippen molar-refractivity contribution in [2.45, 2.75) is 58.5 Å². The molecule has 5 heteroatoms. The third-order valence-corrected chi connectivity index (χ3v) is 6.08. The molecule has 2 aromatic rings. The van der Waals surface area contributed by atoms with Crippen molar-refractivity contribution < 1.29 is 18.7 Å². The second kappa shape index (κ2) is 6.82. The number of hydrogen-bond donors (Lipinski definition) is 0. The highest BCUT2D eigenvalue weighted by Crippen LogP contribution is 2.44. The van der Waals surface area contributed by atoms with E-state index in [1.807, 2.05) is 32.0 Å². The van der Waals surface area contributed by atoms with E-state index in [9.17, 15) is 4.79 Å². The van der Waals surface area contributed by atoms with Crippen LogP contribution < -0.4 is 9.47 Å². The fourth-order valence-electron chi connectivity index (χ4n) is 4.59. The molecule has 0 bridgehead atoms. The number of furan rings is 1. The van der Waals surface area contributed by atoms with E-state index >= 15 is 0 Å². The Balaban J connectivity index is 1.49. The first-order valence-electron chi connectivity index (χ1n) is 10.1. The van der Waals surface area contributed by atoms with Crippen molar-refractivity contribution >= 4 is 11.9 Å². The maximum absolute atomic E-state index is 13.0. The van der Waals surface area contributed by atoms with Crippen LogP contribution in [0.3, 0.4) is 0 Å². The van der Waals surface area contributed by atoms with Gasteiger partial charge in [0.2, 0.25) is 5.78 Å². The second-order valence-electron chi connectivity index (χ2n) is 8.07. The number of hydrogen-bond acceptors (Lipinski definition) is 5. The van der Waals surface area contributed by atoms with Gasteiger partial charge in [0.15, 0.2) is 5.76 Å². The average Bonchev–Trinajstić information content (AvgIpc) is 3.26. The summed E-state index contributed by atoms with van der Waals surface area (Å²) in [6.45, 7) is 5.20. The quantitative estimate of drug-likeness (QED) is 0.688. The predicted molar refractivity (Wildman–Crippen MR) is 105 cm³/mol. The van der Waals surface area contributed by atoms with Crippen LogP contribution in [0.1, 0.15) is 65.1 Å². The Morgan fingerprint density at radius 3 is 2.71 bits per heavy atom. The van der Waals surface area contributed by atoms with Gasteiger partial charge >= 0.3 is 0 Å². The lowest BCUT2D eigenvalue weighted by atomic mass is 9.93. The minimum atomic E-state index is -0.0841. The van der Waals surface area contributed by atoms with Crippen LogP contribution in [0.15, 0.2) is 28.4 Å². The summed E-state index contributed by atoms with van der Waals surface area (Å²) < 4.78 is 17.8. The summed E-state index contributed by atoms with van der Waals surface area (Å²) in [6, 6.07) is 6.26. The summed E-state index contributed by atoms with van der Waals surface area (Å²) in [6.07, 6.45) is 8.01. The van der Waals surface area contributed by atoms with E-state index < -0.39 is 0 Å². The van der Waals surface area contributed by atoms with E-state index in [-0.39, 0.29) is 5.78 Å². The summed E-state index contributed by atoms with van der Waals surface area (Å²) in [5, 5.41) is 0. The Hall–Kier alpha value is -2.53. The lowest BCUT2D eigenvalue weighted by molar-refractivity contribution is 0.0393. The summed E-state index contributed by atoms with van der Waals surface area (Å²) >= 11 is 0. The summed E-state index contributed by atoms with van der Waals surface area (Å²) in [5.41, 5.74) is 2.54. The SMILES string of the molecule is Cc1ccc(/C=C2\Oc3c4c(cc(C)c3C2=O)OCN(C2CCCCC2)C4)o1. The summed E-state index contributed by atoms with van der Waals surface area (Å²) in [5.74, 6) is 3.16. The minimum Gasteiger partial charge on any atom is -0.478 e. The van der Waals surface area contributed by atoms with Gasteiger partial charge in [0.25, 0.3) is 0 Å². The van der Waals surface area contributed by atoms with Gasteiger partial charge in [0.1, 0.15) is 29.8 Å². The molecule has 146 valence electrons. The van der Waals surface area contributed by atoms with Crippen LogP contribution in [-0.2, 0) is 6.54 Å². The normalized spacial score (nSPS) is 21.4. The number of Topliss-reactive ketones (excluding diaryl/α,β-unsaturated/α-hetero) is 1. The maximum atomic E-state index is 13.0. The van der Waals surface area contributed by atoms with Crippen LogP contribution >= 0.6 is 0 Å². The third-order valence-electron chi connectivity index (χ3n) is 6.08. The highest BCUT2D eigenvalue weighted by molar-refractivity contribution is 6.15. The molecular formula is C23H25NO4. The van der Waals surface area contributed by atoms with E-state index in [4.69, 9.17) is 13.9 Å². The summed E-state index contributed by atoms with van der Waals surface area (Å²) in [4.78, 5) is 15.4. The highest BCUT2D eigenvalue weighted by atomic mass is 16.5. The average molecular weight is 379 g/mol. The fraction of sp³-hybridized carbons (Fsp3) is 0.435. The molecule has 5 rings (SSSR count). The molecule has 0 spiro atoms. The molecule has 1 aromatic heterocycles. The number of aryl methyl sites for hydroxylation is 2. The second-order valence-corrected chi connectivity index (χ2v) is 8.07. The molecule has 0 atom stereocenters. The molecule has 0 radical (unpaired) electrons. The van der Waals surface area contributed by atoms with Crippen LogP contribution in [0.4, 0.5) is 0 Å². The molecule has 1 fully saturated rings. The van der Waals surface area contributed by atoms with Gasteiger partial charge in [-0.1, -0.05) is 19.3 Å². The van der Waals surface area contributed by atoms with Crippen LogP contribution in [0, 0.1) is 13.8 Å². The first-order valence-corrected chi connectivity index (χ1v) is 10.1. The number of rotatable bonds is 2. The van der Waals surface area contributed by atoms with Gasteiger partial charge in [0.05, 0.1) is 11.1 Å². The van der Waals surface area contributed by atoms with Crippen LogP contribution in [0.25, 0.3) is 6.08 Å². The molecule has 5 nitrogen and oxygen atoms in total. The van der Waals surface area contributed by atoms with E-state index in [1.54, 1.807) is 6.08 Å². The number of carbonyl (C=O) groups is 1. The molecule has 0 saturated heterocycles. The van der Waals surface area contributed by atoms with Crippen molar-refractivity contribution in [3.05, 3.63) is 52.2 Å². The Bertz CT molecular complexity index is 965. The number of benzene rings is 1. The van der Waals surface area contributed by atoms with Gasteiger partial charge in [-0.25, -0.2) is 0 Å². The maximum Gasteiger partial charge on any atom is 0.232 e. The van der Waals surface area contributed by atoms with E-state index in [0.717, 1.165) is 29.2 Å². The molecule has 2 aliphatic heterocycles. The van der Waals surface area contributed by atoms with Crippen molar-refractivity contribution in [2.24, 2.45) is 0 Å². The smallest absolute Gasteiger partial charge is 0.232 e. The number of ketones is 1. The number of carbonyl (C=O) groups excluding carboxylic acids is 1. The van der Waals surface area contributed by atoms with E-state index in [2.05, 4.69) is 4.90 Å². The van der Waals surface area contributed by atoms with Gasteiger partial charge < -0.3 is 13.9 Å². The van der Waals surface area contributed by atoms with Crippen molar-refractivity contribution in [2.75, 3.05) is 6.73 Å². The third kappa shape index (κ3) is 2.94. The zero-order chi connectivity index (χ0) is 19.3. The molecule has 1 aromatic carbocycles.